The molecule has 120 valence electrons. The number of piperidine rings is 1. The molecule has 0 saturated carbocycles. The van der Waals surface area contributed by atoms with E-state index in [1.165, 1.54) is 4.90 Å². The third-order valence-electron chi connectivity index (χ3n) is 4.14. The first-order chi connectivity index (χ1) is 9.63. The van der Waals surface area contributed by atoms with Crippen LogP contribution in [0.3, 0.4) is 0 Å². The molecule has 0 radical (unpaired) electrons. The Bertz CT molecular complexity index is 420. The Morgan fingerprint density at radius 3 is 2.33 bits per heavy atom. The van der Waals surface area contributed by atoms with Crippen LogP contribution in [0.15, 0.2) is 0 Å². The van der Waals surface area contributed by atoms with Crippen molar-refractivity contribution in [3.63, 3.8) is 0 Å². The van der Waals surface area contributed by atoms with Crippen LogP contribution in [0, 0.1) is 5.92 Å². The maximum Gasteiger partial charge on any atom is 0.325 e. The maximum atomic E-state index is 12.7. The number of urea groups is 1. The normalized spacial score (nSPS) is 23.2. The topological polar surface area (TPSA) is 78.7 Å². The number of nitrogens with zero attached hydrogens (tertiary/aromatic N) is 2. The van der Waals surface area contributed by atoms with Gasteiger partial charge in [0.2, 0.25) is 0 Å². The van der Waals surface area contributed by atoms with Crippen molar-refractivity contribution < 1.29 is 9.59 Å². The molecule has 2 aliphatic heterocycles. The van der Waals surface area contributed by atoms with Crippen molar-refractivity contribution in [2.75, 3.05) is 26.2 Å². The SMILES string of the molecule is CC(C)CN1CCC2(CC1)NC(=O)N(CC(C)(C)N)C2=O. The molecule has 0 aliphatic carbocycles. The van der Waals surface area contributed by atoms with Crippen molar-refractivity contribution in [1.82, 2.24) is 15.1 Å². The van der Waals surface area contributed by atoms with Gasteiger partial charge in [-0.1, -0.05) is 13.8 Å². The van der Waals surface area contributed by atoms with E-state index in [-0.39, 0.29) is 18.5 Å². The Hall–Kier alpha value is -1.14. The molecule has 2 saturated heterocycles. The molecule has 2 aliphatic rings. The predicted molar refractivity (Wildman–Crippen MR) is 81.8 cm³/mol. The van der Waals surface area contributed by atoms with Crippen LogP contribution in [0.2, 0.25) is 0 Å². The number of likely N-dealkylation sites (tertiary alicyclic amines) is 1. The minimum absolute atomic E-state index is 0.102. The molecular formula is C15H28N4O2. The Morgan fingerprint density at radius 2 is 1.86 bits per heavy atom. The predicted octanol–water partition coefficient (Wildman–Crippen LogP) is 0.766. The Morgan fingerprint density at radius 1 is 1.29 bits per heavy atom. The maximum absolute atomic E-state index is 12.7. The second-order valence-corrected chi connectivity index (χ2v) is 7.59. The van der Waals surface area contributed by atoms with Gasteiger partial charge in [0.25, 0.3) is 5.91 Å². The molecule has 3 amide bonds. The summed E-state index contributed by atoms with van der Waals surface area (Å²) in [6.07, 6.45) is 1.37. The van der Waals surface area contributed by atoms with Crippen molar-refractivity contribution in [2.45, 2.75) is 51.6 Å². The Labute approximate surface area is 127 Å². The molecule has 0 atom stereocenters. The number of hydrogen-bond donors (Lipinski definition) is 2. The van der Waals surface area contributed by atoms with E-state index in [0.717, 1.165) is 19.6 Å². The summed E-state index contributed by atoms with van der Waals surface area (Å²) in [6, 6.07) is -0.296. The first kappa shape index (κ1) is 16.2. The van der Waals surface area contributed by atoms with Gasteiger partial charge in [-0.05, 0) is 32.6 Å². The molecule has 0 aromatic rings. The van der Waals surface area contributed by atoms with Gasteiger partial charge in [0.1, 0.15) is 5.54 Å². The lowest BCUT2D eigenvalue weighted by Crippen LogP contribution is -2.55. The highest BCUT2D eigenvalue weighted by Gasteiger charge is 2.52. The summed E-state index contributed by atoms with van der Waals surface area (Å²) in [5.41, 5.74) is 4.68. The summed E-state index contributed by atoms with van der Waals surface area (Å²) in [4.78, 5) is 28.4. The fraction of sp³-hybridized carbons (Fsp3) is 0.867. The number of rotatable bonds is 4. The number of imide groups is 1. The summed E-state index contributed by atoms with van der Waals surface area (Å²) >= 11 is 0. The number of nitrogens with one attached hydrogen (secondary N) is 1. The molecule has 6 heteroatoms. The monoisotopic (exact) mass is 296 g/mol. The zero-order chi connectivity index (χ0) is 15.8. The highest BCUT2D eigenvalue weighted by molar-refractivity contribution is 6.07. The molecule has 0 aromatic carbocycles. The molecular weight excluding hydrogens is 268 g/mol. The van der Waals surface area contributed by atoms with Crippen LogP contribution in [-0.4, -0.2) is 59.0 Å². The van der Waals surface area contributed by atoms with E-state index in [9.17, 15) is 9.59 Å². The van der Waals surface area contributed by atoms with Gasteiger partial charge in [-0.25, -0.2) is 4.79 Å². The van der Waals surface area contributed by atoms with Gasteiger partial charge in [0, 0.05) is 31.7 Å². The standard InChI is InChI=1S/C15H28N4O2/c1-11(2)9-18-7-5-15(6-8-18)12(20)19(13(21)17-15)10-14(3,4)16/h11H,5-10,16H2,1-4H3,(H,17,21). The molecule has 2 rings (SSSR count). The van der Waals surface area contributed by atoms with Gasteiger partial charge in [-0.15, -0.1) is 0 Å². The van der Waals surface area contributed by atoms with Crippen LogP contribution >= 0.6 is 0 Å². The Kier molecular flexibility index (Phi) is 4.31. The Balaban J connectivity index is 2.02. The first-order valence-corrected chi connectivity index (χ1v) is 7.78. The lowest BCUT2D eigenvalue weighted by atomic mass is 9.87. The van der Waals surface area contributed by atoms with Crippen molar-refractivity contribution in [3.8, 4) is 0 Å². The smallest absolute Gasteiger partial charge is 0.324 e. The van der Waals surface area contributed by atoms with Gasteiger partial charge < -0.3 is 16.0 Å². The van der Waals surface area contributed by atoms with Crippen molar-refractivity contribution in [1.29, 1.82) is 0 Å². The third kappa shape index (κ3) is 3.55. The van der Waals surface area contributed by atoms with Gasteiger partial charge in [0.05, 0.1) is 0 Å². The van der Waals surface area contributed by atoms with E-state index in [2.05, 4.69) is 24.1 Å². The number of carbonyl (C=O) groups is 2. The fourth-order valence-electron chi connectivity index (χ4n) is 3.20. The van der Waals surface area contributed by atoms with Crippen LogP contribution < -0.4 is 11.1 Å². The molecule has 0 unspecified atom stereocenters. The van der Waals surface area contributed by atoms with E-state index in [0.29, 0.717) is 18.8 Å². The molecule has 0 bridgehead atoms. The van der Waals surface area contributed by atoms with Crippen LogP contribution in [0.5, 0.6) is 0 Å². The van der Waals surface area contributed by atoms with E-state index >= 15 is 0 Å². The summed E-state index contributed by atoms with van der Waals surface area (Å²) < 4.78 is 0. The lowest BCUT2D eigenvalue weighted by Gasteiger charge is -2.38. The summed E-state index contributed by atoms with van der Waals surface area (Å²) in [7, 11) is 0. The number of carbonyl (C=O) groups excluding carboxylic acids is 2. The van der Waals surface area contributed by atoms with Crippen LogP contribution in [0.1, 0.15) is 40.5 Å². The fourth-order valence-corrected chi connectivity index (χ4v) is 3.20. The van der Waals surface area contributed by atoms with Crippen LogP contribution in [0.25, 0.3) is 0 Å². The molecule has 0 aromatic heterocycles. The third-order valence-corrected chi connectivity index (χ3v) is 4.14. The second kappa shape index (κ2) is 5.57. The zero-order valence-electron chi connectivity index (χ0n) is 13.6. The van der Waals surface area contributed by atoms with Gasteiger partial charge >= 0.3 is 6.03 Å². The minimum atomic E-state index is -0.699. The van der Waals surface area contributed by atoms with Crippen molar-refractivity contribution >= 4 is 11.9 Å². The quantitative estimate of drug-likeness (QED) is 0.751. The van der Waals surface area contributed by atoms with Gasteiger partial charge in [-0.2, -0.15) is 0 Å². The largest absolute Gasteiger partial charge is 0.325 e. The van der Waals surface area contributed by atoms with E-state index in [1.807, 2.05) is 13.8 Å². The average Bonchev–Trinajstić information content (AvgIpc) is 2.55. The molecule has 2 fully saturated rings. The summed E-state index contributed by atoms with van der Waals surface area (Å²) in [5, 5.41) is 2.92. The highest BCUT2D eigenvalue weighted by Crippen LogP contribution is 2.30. The molecule has 3 N–H and O–H groups in total. The van der Waals surface area contributed by atoms with E-state index in [4.69, 9.17) is 5.73 Å². The summed E-state index contributed by atoms with van der Waals surface area (Å²) in [6.45, 7) is 11.0. The van der Waals surface area contributed by atoms with Gasteiger partial charge in [0.15, 0.2) is 0 Å². The zero-order valence-corrected chi connectivity index (χ0v) is 13.6. The number of hydrogen-bond acceptors (Lipinski definition) is 4. The van der Waals surface area contributed by atoms with Crippen LogP contribution in [0.4, 0.5) is 4.79 Å². The van der Waals surface area contributed by atoms with E-state index < -0.39 is 11.1 Å². The van der Waals surface area contributed by atoms with Crippen LogP contribution in [-0.2, 0) is 4.79 Å². The number of nitrogens with two attached hydrogens (primary N) is 1. The average molecular weight is 296 g/mol. The van der Waals surface area contributed by atoms with Gasteiger partial charge in [-0.3, -0.25) is 9.69 Å². The second-order valence-electron chi connectivity index (χ2n) is 7.59. The van der Waals surface area contributed by atoms with E-state index in [1.54, 1.807) is 0 Å². The first-order valence-electron chi connectivity index (χ1n) is 7.78. The van der Waals surface area contributed by atoms with Crippen molar-refractivity contribution in [2.24, 2.45) is 11.7 Å². The molecule has 21 heavy (non-hydrogen) atoms. The van der Waals surface area contributed by atoms with Crippen molar-refractivity contribution in [3.05, 3.63) is 0 Å². The molecule has 1 spiro atoms. The summed E-state index contributed by atoms with van der Waals surface area (Å²) in [5.74, 6) is 0.512. The minimum Gasteiger partial charge on any atom is -0.324 e. The molecule has 6 nitrogen and oxygen atoms in total. The highest BCUT2D eigenvalue weighted by atomic mass is 16.2. The molecule has 2 heterocycles. The number of amides is 3. The lowest BCUT2D eigenvalue weighted by molar-refractivity contribution is -0.133.